The molecule has 0 aromatic carbocycles. The average Bonchev–Trinajstić information content (AvgIpc) is 2.94. The van der Waals surface area contributed by atoms with Crippen molar-refractivity contribution >= 4 is 11.8 Å². The zero-order valence-corrected chi connectivity index (χ0v) is 20.8. The molecule has 2 aliphatic heterocycles. The summed E-state index contributed by atoms with van der Waals surface area (Å²) in [5.74, 6) is 4.77. The number of likely N-dealkylation sites (tertiary alicyclic amines) is 1. The van der Waals surface area contributed by atoms with Crippen LogP contribution in [0.25, 0.3) is 0 Å². The van der Waals surface area contributed by atoms with Crippen LogP contribution in [-0.2, 0) is 6.42 Å². The van der Waals surface area contributed by atoms with Gasteiger partial charge in [0.1, 0.15) is 5.82 Å². The third kappa shape index (κ3) is 7.08. The van der Waals surface area contributed by atoms with Crippen LogP contribution in [0.4, 0.5) is 10.6 Å². The van der Waals surface area contributed by atoms with E-state index in [-0.39, 0.29) is 6.03 Å². The third-order valence-corrected chi connectivity index (χ3v) is 7.82. The van der Waals surface area contributed by atoms with Crippen molar-refractivity contribution < 1.29 is 9.53 Å². The summed E-state index contributed by atoms with van der Waals surface area (Å²) in [7, 11) is 0. The van der Waals surface area contributed by atoms with Crippen LogP contribution in [0.1, 0.15) is 77.2 Å². The summed E-state index contributed by atoms with van der Waals surface area (Å²) >= 11 is 0. The van der Waals surface area contributed by atoms with E-state index >= 15 is 0 Å². The summed E-state index contributed by atoms with van der Waals surface area (Å²) in [6, 6.07) is 3.74. The van der Waals surface area contributed by atoms with Gasteiger partial charge in [-0.15, -0.1) is 0 Å². The Morgan fingerprint density at radius 1 is 1.12 bits per heavy atom. The number of anilines is 1. The van der Waals surface area contributed by atoms with Crippen molar-refractivity contribution in [1.29, 1.82) is 0 Å². The smallest absolute Gasteiger partial charge is 0.320 e. The van der Waals surface area contributed by atoms with Crippen molar-refractivity contribution in [2.45, 2.75) is 78.1 Å². The molecular weight excluding hydrogens is 412 g/mol. The molecule has 4 rings (SSSR count). The molecule has 1 aliphatic carbocycles. The molecule has 3 atom stereocenters. The first-order valence-electron chi connectivity index (χ1n) is 13.5. The Balaban J connectivity index is 1.23. The first-order chi connectivity index (χ1) is 16.1. The molecule has 1 aromatic rings. The summed E-state index contributed by atoms with van der Waals surface area (Å²) in [6.07, 6.45) is 13.0. The number of ether oxygens (including phenoxy) is 1. The number of carbonyl (C=O) groups excluding carboxylic acids is 1. The Kier molecular flexibility index (Phi) is 8.88. The van der Waals surface area contributed by atoms with Gasteiger partial charge in [0.15, 0.2) is 0 Å². The van der Waals surface area contributed by atoms with Gasteiger partial charge in [-0.2, -0.15) is 4.98 Å². The number of unbranched alkanes of at least 4 members (excludes halogenated alkanes) is 1. The Morgan fingerprint density at radius 2 is 1.97 bits per heavy atom. The molecule has 3 heterocycles. The van der Waals surface area contributed by atoms with Gasteiger partial charge in [-0.3, -0.25) is 5.32 Å². The lowest BCUT2D eigenvalue weighted by atomic mass is 9.69. The fourth-order valence-electron chi connectivity index (χ4n) is 6.28. The molecular formula is C27H44N4O2. The monoisotopic (exact) mass is 456 g/mol. The highest BCUT2D eigenvalue weighted by Gasteiger charge is 2.36. The maximum absolute atomic E-state index is 11.7. The predicted octanol–water partition coefficient (Wildman–Crippen LogP) is 5.48. The summed E-state index contributed by atoms with van der Waals surface area (Å²) < 4.78 is 5.93. The van der Waals surface area contributed by atoms with Gasteiger partial charge in [-0.25, -0.2) is 4.79 Å². The van der Waals surface area contributed by atoms with Crippen molar-refractivity contribution in [2.75, 3.05) is 38.1 Å². The van der Waals surface area contributed by atoms with Crippen LogP contribution in [0.5, 0.6) is 5.88 Å². The van der Waals surface area contributed by atoms with Gasteiger partial charge < -0.3 is 15.0 Å². The number of hydrogen-bond acceptors (Lipinski definition) is 4. The maximum Gasteiger partial charge on any atom is 0.320 e. The number of nitrogens with one attached hydrogen (secondary N) is 2. The lowest BCUT2D eigenvalue weighted by molar-refractivity contribution is 0.0330. The second-order valence-corrected chi connectivity index (χ2v) is 10.9. The largest absolute Gasteiger partial charge is 0.478 e. The molecule has 3 unspecified atom stereocenters. The Morgan fingerprint density at radius 3 is 2.82 bits per heavy atom. The van der Waals surface area contributed by atoms with Crippen molar-refractivity contribution in [3.05, 3.63) is 17.7 Å². The topological polar surface area (TPSA) is 66.5 Å². The molecule has 0 radical (unpaired) electrons. The minimum Gasteiger partial charge on any atom is -0.478 e. The van der Waals surface area contributed by atoms with Gasteiger partial charge in [0.05, 0.1) is 6.61 Å². The van der Waals surface area contributed by atoms with E-state index in [1.807, 2.05) is 12.1 Å². The zero-order valence-electron chi connectivity index (χ0n) is 20.8. The lowest BCUT2D eigenvalue weighted by Gasteiger charge is -2.46. The highest BCUT2D eigenvalue weighted by molar-refractivity contribution is 5.89. The van der Waals surface area contributed by atoms with E-state index in [0.717, 1.165) is 48.5 Å². The van der Waals surface area contributed by atoms with Gasteiger partial charge in [0.2, 0.25) is 5.88 Å². The molecule has 2 N–H and O–H groups in total. The van der Waals surface area contributed by atoms with Gasteiger partial charge in [-0.1, -0.05) is 39.5 Å². The van der Waals surface area contributed by atoms with Crippen LogP contribution >= 0.6 is 0 Å². The van der Waals surface area contributed by atoms with E-state index in [2.05, 4.69) is 34.4 Å². The zero-order chi connectivity index (χ0) is 23.0. The minimum atomic E-state index is -0.192. The number of pyridine rings is 1. The number of piperidine rings is 1. The van der Waals surface area contributed by atoms with E-state index < -0.39 is 0 Å². The number of amides is 2. The Bertz CT molecular complexity index is 768. The van der Waals surface area contributed by atoms with Gasteiger partial charge in [-0.05, 0) is 80.4 Å². The number of carbonyl (C=O) groups is 1. The van der Waals surface area contributed by atoms with Crippen molar-refractivity contribution in [3.63, 3.8) is 0 Å². The number of nitrogens with zero attached hydrogens (tertiary/aromatic N) is 2. The number of fused-ring (bicyclic) bond motifs is 2. The van der Waals surface area contributed by atoms with Gasteiger partial charge in [0, 0.05) is 25.7 Å². The molecule has 6 heteroatoms. The second kappa shape index (κ2) is 12.0. The van der Waals surface area contributed by atoms with Crippen LogP contribution in [0.15, 0.2) is 12.1 Å². The van der Waals surface area contributed by atoms with Crippen LogP contribution < -0.4 is 15.4 Å². The number of urea groups is 1. The molecule has 0 bridgehead atoms. The first-order valence-corrected chi connectivity index (χ1v) is 13.5. The Hall–Kier alpha value is -1.82. The minimum absolute atomic E-state index is 0.192. The van der Waals surface area contributed by atoms with Crippen molar-refractivity contribution in [2.24, 2.45) is 23.7 Å². The van der Waals surface area contributed by atoms with E-state index in [4.69, 9.17) is 4.74 Å². The van der Waals surface area contributed by atoms with Crippen molar-refractivity contribution in [3.8, 4) is 5.88 Å². The number of hydrogen-bond donors (Lipinski definition) is 2. The van der Waals surface area contributed by atoms with E-state index in [1.54, 1.807) is 0 Å². The summed E-state index contributed by atoms with van der Waals surface area (Å²) in [5.41, 5.74) is 1.05. The quantitative estimate of drug-likeness (QED) is 0.508. The van der Waals surface area contributed by atoms with Crippen LogP contribution in [0.3, 0.4) is 0 Å². The molecule has 184 valence electrons. The maximum atomic E-state index is 11.7. The van der Waals surface area contributed by atoms with Gasteiger partial charge in [0.25, 0.3) is 0 Å². The molecule has 2 amide bonds. The first kappa shape index (κ1) is 24.3. The molecule has 6 nitrogen and oxygen atoms in total. The van der Waals surface area contributed by atoms with Crippen molar-refractivity contribution in [1.82, 2.24) is 15.2 Å². The fourth-order valence-corrected chi connectivity index (χ4v) is 6.28. The fraction of sp³-hybridized carbons (Fsp3) is 0.778. The highest BCUT2D eigenvalue weighted by Crippen LogP contribution is 2.40. The SMILES string of the molecule is CC(C)CC1CN(CCCCOc2ccc3c(n2)NC(=O)NCC3)CC2CCCCCCC21. The van der Waals surface area contributed by atoms with Crippen LogP contribution in [-0.4, -0.2) is 48.7 Å². The lowest BCUT2D eigenvalue weighted by Crippen LogP contribution is -2.47. The summed E-state index contributed by atoms with van der Waals surface area (Å²) in [5, 5.41) is 5.61. The number of aromatic nitrogens is 1. The molecule has 3 aliphatic rings. The van der Waals surface area contributed by atoms with E-state index in [0.29, 0.717) is 24.8 Å². The highest BCUT2D eigenvalue weighted by atomic mass is 16.5. The molecule has 33 heavy (non-hydrogen) atoms. The standard InChI is InChI=1S/C27H44N4O2/c1-20(2)17-23-19-31(18-22-9-5-3-4-6-10-24(22)23)15-7-8-16-33-25-12-11-21-13-14-28-27(32)30-26(21)29-25/h11-12,20,22-24H,3-10,13-19H2,1-2H3,(H2,28,29,30,32). The second-order valence-electron chi connectivity index (χ2n) is 10.9. The predicted molar refractivity (Wildman–Crippen MR) is 134 cm³/mol. The number of rotatable bonds is 8. The molecule has 1 saturated carbocycles. The molecule has 2 fully saturated rings. The van der Waals surface area contributed by atoms with Gasteiger partial charge >= 0.3 is 6.03 Å². The molecule has 1 saturated heterocycles. The third-order valence-electron chi connectivity index (χ3n) is 7.82. The van der Waals surface area contributed by atoms with Crippen LogP contribution in [0, 0.1) is 23.7 Å². The normalized spacial score (nSPS) is 26.3. The molecule has 1 aromatic heterocycles. The van der Waals surface area contributed by atoms with E-state index in [1.165, 1.54) is 64.6 Å². The average molecular weight is 457 g/mol. The summed E-state index contributed by atoms with van der Waals surface area (Å²) in [4.78, 5) is 19.0. The van der Waals surface area contributed by atoms with Crippen LogP contribution in [0.2, 0.25) is 0 Å². The Labute approximate surface area is 200 Å². The van der Waals surface area contributed by atoms with E-state index in [9.17, 15) is 4.79 Å². The summed E-state index contributed by atoms with van der Waals surface area (Å²) in [6.45, 7) is 9.88. The molecule has 0 spiro atoms.